The number of hydrogen-bond acceptors (Lipinski definition) is 4. The summed E-state index contributed by atoms with van der Waals surface area (Å²) in [5.74, 6) is -2.18. The Morgan fingerprint density at radius 3 is 2.57 bits per heavy atom. The predicted octanol–water partition coefficient (Wildman–Crippen LogP) is 2.45. The number of carboxylic acid groups (broad SMARTS) is 1. The molecule has 0 saturated carbocycles. The molecule has 1 heterocycles. The molecular weight excluding hydrogens is 323 g/mol. The first kappa shape index (κ1) is 15.5. The number of rotatable bonds is 3. The lowest BCUT2D eigenvalue weighted by atomic mass is 10.1. The lowest BCUT2D eigenvalue weighted by Crippen LogP contribution is -2.30. The van der Waals surface area contributed by atoms with Gasteiger partial charge < -0.3 is 10.0 Å². The highest BCUT2D eigenvalue weighted by Crippen LogP contribution is 2.32. The molecule has 1 fully saturated rings. The van der Waals surface area contributed by atoms with Crippen molar-refractivity contribution in [3.05, 3.63) is 37.9 Å². The molecule has 1 aromatic rings. The minimum Gasteiger partial charge on any atom is -0.481 e. The van der Waals surface area contributed by atoms with Crippen LogP contribution >= 0.6 is 23.2 Å². The van der Waals surface area contributed by atoms with Gasteiger partial charge in [-0.2, -0.15) is 0 Å². The molecule has 0 radical (unpaired) electrons. The van der Waals surface area contributed by atoms with Gasteiger partial charge in [0.25, 0.3) is 11.6 Å². The zero-order valence-corrected chi connectivity index (χ0v) is 12.1. The molecule has 1 aliphatic heterocycles. The van der Waals surface area contributed by atoms with E-state index in [1.807, 2.05) is 0 Å². The van der Waals surface area contributed by atoms with Crippen LogP contribution in [0.3, 0.4) is 0 Å². The standard InChI is InChI=1S/C12H10Cl2N2O5/c13-9-4-7(16(20)21)3-8(10(9)14)11(17)15-2-1-6(5-15)12(18)19/h3-4,6H,1-2,5H2,(H,18,19). The van der Waals surface area contributed by atoms with Gasteiger partial charge in [0, 0.05) is 25.2 Å². The number of aliphatic carboxylic acids is 1. The highest BCUT2D eigenvalue weighted by molar-refractivity contribution is 6.44. The number of amides is 1. The first-order valence-corrected chi connectivity index (χ1v) is 6.72. The number of carboxylic acids is 1. The van der Waals surface area contributed by atoms with Gasteiger partial charge >= 0.3 is 5.97 Å². The summed E-state index contributed by atoms with van der Waals surface area (Å²) in [5, 5.41) is 19.6. The number of benzene rings is 1. The molecule has 7 nitrogen and oxygen atoms in total. The van der Waals surface area contributed by atoms with E-state index in [1.165, 1.54) is 4.90 Å². The molecular formula is C12H10Cl2N2O5. The number of carbonyl (C=O) groups is 2. The monoisotopic (exact) mass is 332 g/mol. The summed E-state index contributed by atoms with van der Waals surface area (Å²) < 4.78 is 0. The van der Waals surface area contributed by atoms with Crippen LogP contribution in [0.4, 0.5) is 5.69 Å². The zero-order chi connectivity index (χ0) is 15.7. The largest absolute Gasteiger partial charge is 0.481 e. The summed E-state index contributed by atoms with van der Waals surface area (Å²) in [4.78, 5) is 34.7. The third-order valence-corrected chi connectivity index (χ3v) is 4.08. The number of nitro benzene ring substituents is 1. The summed E-state index contributed by atoms with van der Waals surface area (Å²) in [6.07, 6.45) is 0.335. The summed E-state index contributed by atoms with van der Waals surface area (Å²) in [5.41, 5.74) is -0.441. The summed E-state index contributed by atoms with van der Waals surface area (Å²) in [6.45, 7) is 0.303. The van der Waals surface area contributed by atoms with Crippen LogP contribution in [0.15, 0.2) is 12.1 Å². The van der Waals surface area contributed by atoms with Crippen LogP contribution in [0.1, 0.15) is 16.8 Å². The quantitative estimate of drug-likeness (QED) is 0.676. The number of halogens is 2. The number of carbonyl (C=O) groups excluding carboxylic acids is 1. The van der Waals surface area contributed by atoms with Crippen molar-refractivity contribution >= 4 is 40.8 Å². The first-order valence-electron chi connectivity index (χ1n) is 5.96. The van der Waals surface area contributed by atoms with E-state index in [9.17, 15) is 19.7 Å². The van der Waals surface area contributed by atoms with Crippen LogP contribution in [0.2, 0.25) is 10.0 Å². The Hall–Kier alpha value is -1.86. The maximum Gasteiger partial charge on any atom is 0.308 e. The highest BCUT2D eigenvalue weighted by atomic mass is 35.5. The van der Waals surface area contributed by atoms with Gasteiger partial charge in [0.1, 0.15) is 0 Å². The van der Waals surface area contributed by atoms with Crippen LogP contribution in [0, 0.1) is 16.0 Å². The summed E-state index contributed by atoms with van der Waals surface area (Å²) in [6, 6.07) is 2.11. The molecule has 1 aliphatic rings. The van der Waals surface area contributed by atoms with E-state index in [1.54, 1.807) is 0 Å². The maximum absolute atomic E-state index is 12.3. The lowest BCUT2D eigenvalue weighted by molar-refractivity contribution is -0.384. The van der Waals surface area contributed by atoms with Crippen molar-refractivity contribution < 1.29 is 19.6 Å². The van der Waals surface area contributed by atoms with Gasteiger partial charge in [-0.05, 0) is 6.42 Å². The second-order valence-electron chi connectivity index (χ2n) is 4.62. The van der Waals surface area contributed by atoms with E-state index in [0.29, 0.717) is 6.42 Å². The topological polar surface area (TPSA) is 101 Å². The van der Waals surface area contributed by atoms with Crippen LogP contribution in [0.25, 0.3) is 0 Å². The second-order valence-corrected chi connectivity index (χ2v) is 5.41. The molecule has 0 spiro atoms. The van der Waals surface area contributed by atoms with Crippen molar-refractivity contribution in [2.24, 2.45) is 5.92 Å². The molecule has 1 N–H and O–H groups in total. The van der Waals surface area contributed by atoms with E-state index in [4.69, 9.17) is 28.3 Å². The Bertz CT molecular complexity index is 634. The van der Waals surface area contributed by atoms with Crippen LogP contribution in [-0.4, -0.2) is 39.9 Å². The lowest BCUT2D eigenvalue weighted by Gasteiger charge is -2.16. The summed E-state index contributed by atoms with van der Waals surface area (Å²) in [7, 11) is 0. The van der Waals surface area contributed by atoms with Gasteiger partial charge in [-0.3, -0.25) is 19.7 Å². The number of nitrogens with zero attached hydrogens (tertiary/aromatic N) is 2. The average Bonchev–Trinajstić information content (AvgIpc) is 2.90. The van der Waals surface area contributed by atoms with E-state index in [-0.39, 0.29) is 34.4 Å². The minimum absolute atomic E-state index is 0.0464. The number of hydrogen-bond donors (Lipinski definition) is 1. The third kappa shape index (κ3) is 3.08. The van der Waals surface area contributed by atoms with Gasteiger partial charge in [-0.25, -0.2) is 0 Å². The van der Waals surface area contributed by atoms with Gasteiger partial charge in [-0.1, -0.05) is 23.2 Å². The van der Waals surface area contributed by atoms with Crippen LogP contribution < -0.4 is 0 Å². The Morgan fingerprint density at radius 1 is 1.38 bits per heavy atom. The molecule has 2 rings (SSSR count). The Morgan fingerprint density at radius 2 is 2.05 bits per heavy atom. The van der Waals surface area contributed by atoms with Crippen molar-refractivity contribution in [1.29, 1.82) is 0 Å². The molecule has 21 heavy (non-hydrogen) atoms. The third-order valence-electron chi connectivity index (χ3n) is 3.28. The smallest absolute Gasteiger partial charge is 0.308 e. The van der Waals surface area contributed by atoms with Gasteiger partial charge in [0.15, 0.2) is 0 Å². The summed E-state index contributed by atoms with van der Waals surface area (Å²) >= 11 is 11.7. The molecule has 0 aromatic heterocycles. The van der Waals surface area contributed by atoms with Crippen molar-refractivity contribution in [2.45, 2.75) is 6.42 Å². The predicted molar refractivity (Wildman–Crippen MR) is 74.8 cm³/mol. The highest BCUT2D eigenvalue weighted by Gasteiger charge is 2.33. The molecule has 1 saturated heterocycles. The van der Waals surface area contributed by atoms with Crippen molar-refractivity contribution in [2.75, 3.05) is 13.1 Å². The molecule has 1 aromatic carbocycles. The SMILES string of the molecule is O=C(O)C1CCN(C(=O)c2cc([N+](=O)[O-])cc(Cl)c2Cl)C1. The maximum atomic E-state index is 12.3. The van der Waals surface area contributed by atoms with E-state index < -0.39 is 22.7 Å². The zero-order valence-electron chi connectivity index (χ0n) is 10.6. The minimum atomic E-state index is -0.978. The van der Waals surface area contributed by atoms with Crippen LogP contribution in [0.5, 0.6) is 0 Å². The number of likely N-dealkylation sites (tertiary alicyclic amines) is 1. The normalized spacial score (nSPS) is 17.8. The average molecular weight is 333 g/mol. The molecule has 0 aliphatic carbocycles. The van der Waals surface area contributed by atoms with E-state index in [0.717, 1.165) is 12.1 Å². The van der Waals surface area contributed by atoms with E-state index >= 15 is 0 Å². The fraction of sp³-hybridized carbons (Fsp3) is 0.333. The van der Waals surface area contributed by atoms with Gasteiger partial charge in [-0.15, -0.1) is 0 Å². The molecule has 0 bridgehead atoms. The van der Waals surface area contributed by atoms with Crippen LogP contribution in [-0.2, 0) is 4.79 Å². The van der Waals surface area contributed by atoms with Gasteiger partial charge in [0.2, 0.25) is 0 Å². The second kappa shape index (κ2) is 5.87. The van der Waals surface area contributed by atoms with Crippen molar-refractivity contribution in [3.63, 3.8) is 0 Å². The van der Waals surface area contributed by atoms with Gasteiger partial charge in [0.05, 0.1) is 26.4 Å². The Labute approximate surface area is 129 Å². The molecule has 112 valence electrons. The molecule has 1 atom stereocenters. The molecule has 9 heteroatoms. The fourth-order valence-corrected chi connectivity index (χ4v) is 2.56. The van der Waals surface area contributed by atoms with E-state index in [2.05, 4.69) is 0 Å². The Kier molecular flexibility index (Phi) is 4.34. The molecule has 1 amide bonds. The molecule has 1 unspecified atom stereocenters. The number of nitro groups is 1. The number of non-ortho nitro benzene ring substituents is 1. The fourth-order valence-electron chi connectivity index (χ4n) is 2.15. The first-order chi connectivity index (χ1) is 9.81. The van der Waals surface area contributed by atoms with Crippen molar-refractivity contribution in [3.8, 4) is 0 Å². The van der Waals surface area contributed by atoms with Crippen molar-refractivity contribution in [1.82, 2.24) is 4.90 Å². The Balaban J connectivity index is 2.31.